The maximum atomic E-state index is 13.0. The molecule has 1 fully saturated rings. The molecular formula is C26H34N4O4S. The van der Waals surface area contributed by atoms with Gasteiger partial charge in [0.1, 0.15) is 18.2 Å². The number of ether oxygens (including phenoxy) is 1. The molecule has 2 heterocycles. The van der Waals surface area contributed by atoms with E-state index in [1.54, 1.807) is 34.5 Å². The number of para-hydroxylation sites is 1. The molecule has 2 aromatic carbocycles. The zero-order valence-corrected chi connectivity index (χ0v) is 21.6. The van der Waals surface area contributed by atoms with Gasteiger partial charge in [-0.1, -0.05) is 24.6 Å². The molecule has 8 nitrogen and oxygen atoms in total. The van der Waals surface area contributed by atoms with Crippen LogP contribution < -0.4 is 4.74 Å². The van der Waals surface area contributed by atoms with Crippen LogP contribution in [0.4, 0.5) is 0 Å². The Kier molecular flexibility index (Phi) is 7.76. The summed E-state index contributed by atoms with van der Waals surface area (Å²) >= 11 is 0. The number of fused-ring (bicyclic) bond motifs is 1. The number of aryl methyl sites for hydroxylation is 3. The lowest BCUT2D eigenvalue weighted by atomic mass is 10.2. The average molecular weight is 499 g/mol. The van der Waals surface area contributed by atoms with E-state index in [-0.39, 0.29) is 10.8 Å². The van der Waals surface area contributed by atoms with Crippen molar-refractivity contribution in [2.24, 2.45) is 7.05 Å². The second kappa shape index (κ2) is 10.8. The predicted octanol–water partition coefficient (Wildman–Crippen LogP) is 3.53. The SMILES string of the molecule is Cc1ccccc1OCCN(C)C(=O)CCc1nc2cc(S(=O)(=O)N3CCCCC3)ccc2n1C. The number of amides is 1. The molecule has 0 aliphatic carbocycles. The monoisotopic (exact) mass is 498 g/mol. The van der Waals surface area contributed by atoms with E-state index in [2.05, 4.69) is 4.98 Å². The highest BCUT2D eigenvalue weighted by Crippen LogP contribution is 2.25. The first-order valence-electron chi connectivity index (χ1n) is 12.2. The van der Waals surface area contributed by atoms with Gasteiger partial charge < -0.3 is 14.2 Å². The Hall–Kier alpha value is -2.91. The molecule has 188 valence electrons. The van der Waals surface area contributed by atoms with Gasteiger partial charge in [-0.25, -0.2) is 13.4 Å². The van der Waals surface area contributed by atoms with Gasteiger partial charge in [-0.15, -0.1) is 0 Å². The van der Waals surface area contributed by atoms with Crippen LogP contribution in [0.5, 0.6) is 5.75 Å². The van der Waals surface area contributed by atoms with Gasteiger partial charge in [0.25, 0.3) is 0 Å². The maximum absolute atomic E-state index is 13.0. The minimum Gasteiger partial charge on any atom is -0.491 e. The Labute approximate surface area is 207 Å². The number of hydrogen-bond donors (Lipinski definition) is 0. The number of benzene rings is 2. The molecule has 0 N–H and O–H groups in total. The maximum Gasteiger partial charge on any atom is 0.243 e. The zero-order valence-electron chi connectivity index (χ0n) is 20.7. The summed E-state index contributed by atoms with van der Waals surface area (Å²) in [5.41, 5.74) is 2.55. The minimum absolute atomic E-state index is 0.0128. The molecule has 0 radical (unpaired) electrons. The fourth-order valence-electron chi connectivity index (χ4n) is 4.41. The highest BCUT2D eigenvalue weighted by molar-refractivity contribution is 7.89. The topological polar surface area (TPSA) is 84.7 Å². The van der Waals surface area contributed by atoms with Gasteiger partial charge in [-0.3, -0.25) is 4.79 Å². The molecule has 1 saturated heterocycles. The van der Waals surface area contributed by atoms with Crippen molar-refractivity contribution in [3.63, 3.8) is 0 Å². The summed E-state index contributed by atoms with van der Waals surface area (Å²) in [7, 11) is 0.156. The molecular weight excluding hydrogens is 464 g/mol. The van der Waals surface area contributed by atoms with E-state index in [4.69, 9.17) is 4.74 Å². The lowest BCUT2D eigenvalue weighted by Crippen LogP contribution is -2.35. The minimum atomic E-state index is -3.51. The number of imidazole rings is 1. The number of hydrogen-bond acceptors (Lipinski definition) is 5. The summed E-state index contributed by atoms with van der Waals surface area (Å²) in [5.74, 6) is 1.60. The smallest absolute Gasteiger partial charge is 0.243 e. The highest BCUT2D eigenvalue weighted by Gasteiger charge is 2.26. The van der Waals surface area contributed by atoms with Crippen molar-refractivity contribution in [1.29, 1.82) is 0 Å². The molecule has 0 unspecified atom stereocenters. The third-order valence-electron chi connectivity index (χ3n) is 6.66. The Balaban J connectivity index is 1.36. The van der Waals surface area contributed by atoms with Crippen molar-refractivity contribution in [1.82, 2.24) is 18.8 Å². The Morgan fingerprint density at radius 3 is 2.60 bits per heavy atom. The Morgan fingerprint density at radius 2 is 1.86 bits per heavy atom. The summed E-state index contributed by atoms with van der Waals surface area (Å²) in [6.45, 7) is 4.05. The lowest BCUT2D eigenvalue weighted by molar-refractivity contribution is -0.130. The first kappa shape index (κ1) is 25.2. The number of piperidine rings is 1. The van der Waals surface area contributed by atoms with Crippen LogP contribution in [-0.2, 0) is 28.3 Å². The van der Waals surface area contributed by atoms with E-state index in [9.17, 15) is 13.2 Å². The molecule has 9 heteroatoms. The molecule has 35 heavy (non-hydrogen) atoms. The van der Waals surface area contributed by atoms with E-state index in [1.165, 1.54) is 0 Å². The van der Waals surface area contributed by atoms with Crippen LogP contribution >= 0.6 is 0 Å². The van der Waals surface area contributed by atoms with Gasteiger partial charge in [-0.05, 0) is 49.6 Å². The van der Waals surface area contributed by atoms with Gasteiger partial charge in [-0.2, -0.15) is 4.31 Å². The van der Waals surface area contributed by atoms with Crippen LogP contribution in [0.2, 0.25) is 0 Å². The van der Waals surface area contributed by atoms with Gasteiger partial charge in [0.15, 0.2) is 0 Å². The fourth-order valence-corrected chi connectivity index (χ4v) is 5.95. The van der Waals surface area contributed by atoms with E-state index >= 15 is 0 Å². The Bertz CT molecular complexity index is 1300. The molecule has 0 spiro atoms. The van der Waals surface area contributed by atoms with Crippen molar-refractivity contribution < 1.29 is 17.9 Å². The average Bonchev–Trinajstić information content (AvgIpc) is 3.18. The summed E-state index contributed by atoms with van der Waals surface area (Å²) < 4.78 is 35.4. The normalized spacial score (nSPS) is 14.8. The molecule has 0 atom stereocenters. The van der Waals surface area contributed by atoms with Gasteiger partial charge >= 0.3 is 0 Å². The highest BCUT2D eigenvalue weighted by atomic mass is 32.2. The number of aromatic nitrogens is 2. The second-order valence-corrected chi connectivity index (χ2v) is 11.1. The summed E-state index contributed by atoms with van der Waals surface area (Å²) in [6.07, 6.45) is 3.66. The molecule has 0 saturated carbocycles. The predicted molar refractivity (Wildman–Crippen MR) is 136 cm³/mol. The molecule has 1 aliphatic heterocycles. The molecule has 1 aromatic heterocycles. The first-order valence-corrected chi connectivity index (χ1v) is 13.6. The van der Waals surface area contributed by atoms with Crippen molar-refractivity contribution in [2.45, 2.75) is 43.9 Å². The van der Waals surface area contributed by atoms with Crippen molar-refractivity contribution >= 4 is 27.0 Å². The molecule has 1 aliphatic rings. The van der Waals surface area contributed by atoms with E-state index in [0.29, 0.717) is 44.6 Å². The molecule has 1 amide bonds. The molecule has 4 rings (SSSR count). The van der Waals surface area contributed by atoms with Crippen LogP contribution in [0.15, 0.2) is 47.4 Å². The summed E-state index contributed by atoms with van der Waals surface area (Å²) in [6, 6.07) is 12.9. The number of nitrogens with zero attached hydrogens (tertiary/aromatic N) is 4. The van der Waals surface area contributed by atoms with Crippen molar-refractivity contribution in [3.8, 4) is 5.75 Å². The first-order chi connectivity index (χ1) is 16.8. The quantitative estimate of drug-likeness (QED) is 0.451. The number of carbonyl (C=O) groups is 1. The van der Waals surface area contributed by atoms with E-state index in [0.717, 1.165) is 41.9 Å². The third kappa shape index (κ3) is 5.67. The number of carbonyl (C=O) groups excluding carboxylic acids is 1. The van der Waals surface area contributed by atoms with Crippen LogP contribution in [0.25, 0.3) is 11.0 Å². The van der Waals surface area contributed by atoms with Gasteiger partial charge in [0.2, 0.25) is 15.9 Å². The summed E-state index contributed by atoms with van der Waals surface area (Å²) in [4.78, 5) is 19.3. The second-order valence-electron chi connectivity index (χ2n) is 9.13. The van der Waals surface area contributed by atoms with E-state index in [1.807, 2.05) is 42.8 Å². The van der Waals surface area contributed by atoms with Gasteiger partial charge in [0.05, 0.1) is 22.5 Å². The number of rotatable bonds is 9. The largest absolute Gasteiger partial charge is 0.491 e. The van der Waals surface area contributed by atoms with Gasteiger partial charge in [0, 0.05) is 40.0 Å². The van der Waals surface area contributed by atoms with Crippen LogP contribution in [0, 0.1) is 6.92 Å². The van der Waals surface area contributed by atoms with Crippen LogP contribution in [0.1, 0.15) is 37.1 Å². The van der Waals surface area contributed by atoms with Crippen molar-refractivity contribution in [2.75, 3.05) is 33.3 Å². The van der Waals surface area contributed by atoms with E-state index < -0.39 is 10.0 Å². The number of likely N-dealkylation sites (N-methyl/N-ethyl adjacent to an activating group) is 1. The zero-order chi connectivity index (χ0) is 25.0. The number of sulfonamides is 1. The molecule has 3 aromatic rings. The summed E-state index contributed by atoms with van der Waals surface area (Å²) in [5, 5.41) is 0. The lowest BCUT2D eigenvalue weighted by Gasteiger charge is -2.25. The van der Waals surface area contributed by atoms with Crippen LogP contribution in [-0.4, -0.2) is 66.4 Å². The standard InChI is InChI=1S/C26H34N4O4S/c1-20-9-5-6-10-24(20)34-18-17-28(2)26(31)14-13-25-27-22-19-21(11-12-23(22)29(25)3)35(32,33)30-15-7-4-8-16-30/h5-6,9-12,19H,4,7-8,13-18H2,1-3H3. The van der Waals surface area contributed by atoms with Crippen LogP contribution in [0.3, 0.4) is 0 Å². The Morgan fingerprint density at radius 1 is 1.11 bits per heavy atom. The fraction of sp³-hybridized carbons (Fsp3) is 0.462. The third-order valence-corrected chi connectivity index (χ3v) is 8.56. The van der Waals surface area contributed by atoms with Crippen molar-refractivity contribution in [3.05, 3.63) is 53.9 Å². The molecule has 0 bridgehead atoms.